The van der Waals surface area contributed by atoms with E-state index in [1.54, 1.807) is 12.1 Å². The van der Waals surface area contributed by atoms with E-state index in [0.717, 1.165) is 0 Å². The van der Waals surface area contributed by atoms with E-state index in [-0.39, 0.29) is 6.61 Å². The van der Waals surface area contributed by atoms with E-state index in [0.29, 0.717) is 18.1 Å². The first kappa shape index (κ1) is 14.7. The van der Waals surface area contributed by atoms with E-state index < -0.39 is 11.5 Å². The second-order valence-electron chi connectivity index (χ2n) is 4.74. The summed E-state index contributed by atoms with van der Waals surface area (Å²) in [5, 5.41) is 0. The van der Waals surface area contributed by atoms with Gasteiger partial charge in [-0.25, -0.2) is 4.79 Å². The molecule has 0 saturated carbocycles. The molecule has 0 amide bonds. The largest absolute Gasteiger partial charge is 0.467 e. The van der Waals surface area contributed by atoms with E-state index in [9.17, 15) is 4.79 Å². The number of esters is 1. The van der Waals surface area contributed by atoms with Crippen molar-refractivity contribution in [1.29, 1.82) is 0 Å². The molecule has 0 aliphatic heterocycles. The molecule has 1 aromatic rings. The maximum absolute atomic E-state index is 11.9. The number of carbonyl (C=O) groups excluding carboxylic acids is 1. The molecule has 4 nitrogen and oxygen atoms in total. The van der Waals surface area contributed by atoms with Crippen molar-refractivity contribution in [3.05, 3.63) is 35.9 Å². The van der Waals surface area contributed by atoms with Gasteiger partial charge in [0.2, 0.25) is 0 Å². The fraction of sp³-hybridized carbons (Fsp3) is 0.500. The lowest BCUT2D eigenvalue weighted by Crippen LogP contribution is -2.49. The molecule has 18 heavy (non-hydrogen) atoms. The van der Waals surface area contributed by atoms with Gasteiger partial charge in [0.05, 0.1) is 13.7 Å². The lowest BCUT2D eigenvalue weighted by atomic mass is 9.92. The summed E-state index contributed by atoms with van der Waals surface area (Å²) < 4.78 is 10.3. The van der Waals surface area contributed by atoms with Crippen molar-refractivity contribution in [1.82, 2.24) is 0 Å². The minimum atomic E-state index is -1.25. The van der Waals surface area contributed by atoms with Gasteiger partial charge in [-0.15, -0.1) is 0 Å². The van der Waals surface area contributed by atoms with E-state index in [2.05, 4.69) is 0 Å². The first-order valence-corrected chi connectivity index (χ1v) is 6.01. The van der Waals surface area contributed by atoms with Gasteiger partial charge in [0.1, 0.15) is 0 Å². The van der Waals surface area contributed by atoms with Gasteiger partial charge < -0.3 is 15.2 Å². The molecular formula is C14H21NO3. The van der Waals surface area contributed by atoms with Crippen molar-refractivity contribution in [2.45, 2.75) is 19.4 Å². The molecule has 1 unspecified atom stereocenters. The van der Waals surface area contributed by atoms with E-state index in [1.165, 1.54) is 7.11 Å². The van der Waals surface area contributed by atoms with E-state index in [1.807, 2.05) is 32.0 Å². The van der Waals surface area contributed by atoms with Gasteiger partial charge in [-0.05, 0) is 11.5 Å². The first-order chi connectivity index (χ1) is 8.50. The Morgan fingerprint density at radius 2 is 1.94 bits per heavy atom. The molecule has 0 bridgehead atoms. The molecule has 0 heterocycles. The third kappa shape index (κ3) is 3.55. The fourth-order valence-corrected chi connectivity index (χ4v) is 1.63. The zero-order valence-corrected chi connectivity index (χ0v) is 11.2. The molecule has 0 radical (unpaired) electrons. The van der Waals surface area contributed by atoms with Crippen molar-refractivity contribution in [3.63, 3.8) is 0 Å². The van der Waals surface area contributed by atoms with Crippen LogP contribution in [0.3, 0.4) is 0 Å². The average molecular weight is 251 g/mol. The fourth-order valence-electron chi connectivity index (χ4n) is 1.63. The SMILES string of the molecule is COC(=O)C(N)(COCC(C)C)c1ccccc1. The number of ether oxygens (including phenoxy) is 2. The second-order valence-corrected chi connectivity index (χ2v) is 4.74. The lowest BCUT2D eigenvalue weighted by Gasteiger charge is -2.27. The minimum absolute atomic E-state index is 0.113. The summed E-state index contributed by atoms with van der Waals surface area (Å²) in [6.07, 6.45) is 0. The maximum atomic E-state index is 11.9. The molecule has 0 saturated heterocycles. The summed E-state index contributed by atoms with van der Waals surface area (Å²) in [6, 6.07) is 9.14. The summed E-state index contributed by atoms with van der Waals surface area (Å²) in [7, 11) is 1.33. The Hall–Kier alpha value is -1.39. The summed E-state index contributed by atoms with van der Waals surface area (Å²) in [6.45, 7) is 4.75. The Balaban J connectivity index is 2.86. The van der Waals surface area contributed by atoms with Gasteiger partial charge in [-0.2, -0.15) is 0 Å². The maximum Gasteiger partial charge on any atom is 0.332 e. The van der Waals surface area contributed by atoms with Gasteiger partial charge in [0.25, 0.3) is 0 Å². The number of hydrogen-bond acceptors (Lipinski definition) is 4. The number of nitrogens with two attached hydrogens (primary N) is 1. The molecule has 2 N–H and O–H groups in total. The number of methoxy groups -OCH3 is 1. The third-order valence-corrected chi connectivity index (χ3v) is 2.62. The highest BCUT2D eigenvalue weighted by Gasteiger charge is 2.37. The van der Waals surface area contributed by atoms with Gasteiger partial charge in [-0.1, -0.05) is 44.2 Å². The van der Waals surface area contributed by atoms with Crippen LogP contribution >= 0.6 is 0 Å². The van der Waals surface area contributed by atoms with Crippen LogP contribution in [0.25, 0.3) is 0 Å². The van der Waals surface area contributed by atoms with Crippen LogP contribution in [0.4, 0.5) is 0 Å². The minimum Gasteiger partial charge on any atom is -0.467 e. The lowest BCUT2D eigenvalue weighted by molar-refractivity contribution is -0.150. The standard InChI is InChI=1S/C14H21NO3/c1-11(2)9-18-10-14(15,13(16)17-3)12-7-5-4-6-8-12/h4-8,11H,9-10,15H2,1-3H3. The number of hydrogen-bond donors (Lipinski definition) is 1. The molecule has 4 heteroatoms. The van der Waals surface area contributed by atoms with Gasteiger partial charge >= 0.3 is 5.97 Å². The van der Waals surface area contributed by atoms with Crippen molar-refractivity contribution in [3.8, 4) is 0 Å². The van der Waals surface area contributed by atoms with Crippen LogP contribution in [-0.4, -0.2) is 26.3 Å². The molecule has 0 aromatic heterocycles. The Morgan fingerprint density at radius 3 is 2.44 bits per heavy atom. The van der Waals surface area contributed by atoms with Gasteiger partial charge in [-0.3, -0.25) is 0 Å². The molecule has 0 fully saturated rings. The van der Waals surface area contributed by atoms with E-state index >= 15 is 0 Å². The summed E-state index contributed by atoms with van der Waals surface area (Å²) >= 11 is 0. The Labute approximate surface area is 108 Å². The van der Waals surface area contributed by atoms with Crippen LogP contribution in [0.2, 0.25) is 0 Å². The number of benzene rings is 1. The van der Waals surface area contributed by atoms with Crippen LogP contribution in [0.5, 0.6) is 0 Å². The van der Waals surface area contributed by atoms with Crippen LogP contribution in [-0.2, 0) is 19.8 Å². The Morgan fingerprint density at radius 1 is 1.33 bits per heavy atom. The van der Waals surface area contributed by atoms with Crippen LogP contribution < -0.4 is 5.73 Å². The smallest absolute Gasteiger partial charge is 0.332 e. The topological polar surface area (TPSA) is 61.5 Å². The van der Waals surface area contributed by atoms with Crippen LogP contribution in [0.15, 0.2) is 30.3 Å². The predicted octanol–water partition coefficient (Wildman–Crippen LogP) is 1.69. The van der Waals surface area contributed by atoms with Crippen molar-refractivity contribution in [2.75, 3.05) is 20.3 Å². The van der Waals surface area contributed by atoms with Crippen LogP contribution in [0, 0.1) is 5.92 Å². The first-order valence-electron chi connectivity index (χ1n) is 6.01. The molecule has 100 valence electrons. The highest BCUT2D eigenvalue weighted by Crippen LogP contribution is 2.20. The molecule has 0 aliphatic rings. The third-order valence-electron chi connectivity index (χ3n) is 2.62. The Bertz CT molecular complexity index is 378. The molecule has 1 rings (SSSR count). The molecule has 0 aliphatic carbocycles. The second kappa shape index (κ2) is 6.52. The van der Waals surface area contributed by atoms with E-state index in [4.69, 9.17) is 15.2 Å². The molecule has 1 atom stereocenters. The van der Waals surface area contributed by atoms with Gasteiger partial charge in [0, 0.05) is 6.61 Å². The number of rotatable bonds is 6. The summed E-state index contributed by atoms with van der Waals surface area (Å²) in [5.74, 6) is -0.0971. The zero-order valence-electron chi connectivity index (χ0n) is 11.2. The Kier molecular flexibility index (Phi) is 5.31. The highest BCUT2D eigenvalue weighted by molar-refractivity contribution is 5.82. The van der Waals surface area contributed by atoms with Crippen molar-refractivity contribution in [2.24, 2.45) is 11.7 Å². The predicted molar refractivity (Wildman–Crippen MR) is 70.0 cm³/mol. The zero-order chi connectivity index (χ0) is 13.6. The highest BCUT2D eigenvalue weighted by atomic mass is 16.5. The molecular weight excluding hydrogens is 230 g/mol. The number of carbonyl (C=O) groups is 1. The normalized spacial score (nSPS) is 14.3. The van der Waals surface area contributed by atoms with Crippen LogP contribution in [0.1, 0.15) is 19.4 Å². The summed E-state index contributed by atoms with van der Waals surface area (Å²) in [5.41, 5.74) is 5.61. The molecule has 1 aromatic carbocycles. The molecule has 0 spiro atoms. The van der Waals surface area contributed by atoms with Crippen molar-refractivity contribution >= 4 is 5.97 Å². The average Bonchev–Trinajstić information content (AvgIpc) is 2.38. The monoisotopic (exact) mass is 251 g/mol. The summed E-state index contributed by atoms with van der Waals surface area (Å²) in [4.78, 5) is 11.9. The quantitative estimate of drug-likeness (QED) is 0.781. The van der Waals surface area contributed by atoms with Crippen molar-refractivity contribution < 1.29 is 14.3 Å². The van der Waals surface area contributed by atoms with Gasteiger partial charge in [0.15, 0.2) is 5.54 Å².